The Labute approximate surface area is 692 Å². The Hall–Kier alpha value is -14.4. The lowest BCUT2D eigenvalue weighted by Crippen LogP contribution is -2.74. The summed E-state index contributed by atoms with van der Waals surface area (Å²) in [5.41, 5.74) is 8.72. The Morgan fingerprint density at radius 3 is 1.01 bits per heavy atom. The van der Waals surface area contributed by atoms with Crippen LogP contribution in [0.1, 0.15) is 27.4 Å². The molecule has 0 aliphatic rings. The van der Waals surface area contributed by atoms with Gasteiger partial charge in [0.1, 0.15) is 0 Å². The van der Waals surface area contributed by atoms with Gasteiger partial charge in [0.15, 0.2) is 16.1 Å². The summed E-state index contributed by atoms with van der Waals surface area (Å²) in [6.07, 6.45) is 0. The lowest BCUT2D eigenvalue weighted by molar-refractivity contribution is 1.18. The van der Waals surface area contributed by atoms with E-state index in [1.54, 1.807) is 22.8 Å². The molecule has 18 aromatic carbocycles. The Balaban J connectivity index is 0.000000161. The third kappa shape index (κ3) is 11.1. The molecule has 0 saturated carbocycles. The van der Waals surface area contributed by atoms with E-state index in [4.69, 9.17) is 21.9 Å². The minimum Gasteiger partial charge on any atom is -0.309 e. The van der Waals surface area contributed by atoms with Crippen LogP contribution in [-0.4, -0.2) is 34.4 Å². The van der Waals surface area contributed by atoms with Gasteiger partial charge in [-0.2, -0.15) is 0 Å². The number of aromatic nitrogens is 4. The quantitative estimate of drug-likeness (QED) is 0.0764. The fraction of sp³-hybridized carbons (Fsp3) is 0. The maximum Gasteiger partial charge on any atom is 0.179 e. The number of hydrogen-bond acceptors (Lipinski definition) is 0. The highest BCUT2D eigenvalue weighted by atomic mass is 28.3. The second-order valence-electron chi connectivity index (χ2n) is 28.3. The van der Waals surface area contributed by atoms with E-state index < -0.39 is 88.7 Å². The molecular formula is C108H76N4Si2. The normalized spacial score (nSPS) is 14.3. The monoisotopic (exact) mass is 1500 g/mol. The maximum atomic E-state index is 10.4. The molecule has 0 atom stereocenters. The van der Waals surface area contributed by atoms with E-state index in [0.717, 1.165) is 65.0 Å². The summed E-state index contributed by atoms with van der Waals surface area (Å²) >= 11 is 0. The zero-order valence-corrected chi connectivity index (χ0v) is 63.1. The molecule has 4 aromatic heterocycles. The molecule has 0 unspecified atom stereocenters. The zero-order chi connectivity index (χ0) is 92.9. The summed E-state index contributed by atoms with van der Waals surface area (Å²) in [6, 6.07) is 107. The molecule has 22 aromatic rings. The van der Waals surface area contributed by atoms with Crippen molar-refractivity contribution in [2.24, 2.45) is 0 Å². The Kier molecular flexibility index (Phi) is 12.4. The second kappa shape index (κ2) is 28.5. The molecule has 0 aliphatic carbocycles. The predicted octanol–water partition coefficient (Wildman–Crippen LogP) is 21.9. The van der Waals surface area contributed by atoms with Crippen LogP contribution in [-0.2, 0) is 0 Å². The molecule has 0 amide bonds. The highest BCUT2D eigenvalue weighted by Gasteiger charge is 2.43. The van der Waals surface area contributed by atoms with Crippen molar-refractivity contribution >= 4 is 145 Å². The predicted molar refractivity (Wildman–Crippen MR) is 488 cm³/mol. The minimum absolute atomic E-state index is 0.0139. The van der Waals surface area contributed by atoms with Crippen LogP contribution in [0.15, 0.2) is 461 Å². The maximum absolute atomic E-state index is 10.4. The summed E-state index contributed by atoms with van der Waals surface area (Å²) in [5.74, 6) is 0. The van der Waals surface area contributed by atoms with Crippen LogP contribution < -0.4 is 41.5 Å². The summed E-state index contributed by atoms with van der Waals surface area (Å²) in [7, 11) is -6.38. The van der Waals surface area contributed by atoms with Crippen molar-refractivity contribution in [2.45, 2.75) is 0 Å². The Morgan fingerprint density at radius 1 is 0.184 bits per heavy atom. The van der Waals surface area contributed by atoms with Crippen LogP contribution in [0.25, 0.3) is 132 Å². The van der Waals surface area contributed by atoms with E-state index in [1.165, 1.54) is 25.3 Å². The molecule has 4 nitrogen and oxygen atoms in total. The lowest BCUT2D eigenvalue weighted by atomic mass is 10.0. The van der Waals surface area contributed by atoms with E-state index in [2.05, 4.69) is 162 Å². The molecule has 0 fully saturated rings. The SMILES string of the molecule is [2H]c1c([2H])c(-n2c3ccccc3c3cc(-c4ccccc4-n4c5c([2H])c([2H])c([2H])c([2H])c5c5c([2H])c([2H])c([2H])c([2H])c54)ccc32)c([2H])c([Si](c2ccccc2)(c2ccccc2)c2ccccc2)c1[2H].[2H]c1c([2H])c([2H])c2c(c1[2H])c1c([2H])c([2H])c([2H])c([2H])c1n2-c1cccc(-c2ccc3c(c2)c2ccccc2n3-c2cccc([Si](c3ccccc3)(c3ccccc3)c3ccccc3)c2)c1. The van der Waals surface area contributed by atoms with E-state index in [9.17, 15) is 5.48 Å². The number of hydrogen-bond donors (Lipinski definition) is 0. The van der Waals surface area contributed by atoms with Gasteiger partial charge in [-0.3, -0.25) is 0 Å². The van der Waals surface area contributed by atoms with Crippen LogP contribution in [0.4, 0.5) is 0 Å². The highest BCUT2D eigenvalue weighted by molar-refractivity contribution is 7.20. The number of para-hydroxylation sites is 7. The van der Waals surface area contributed by atoms with E-state index in [1.807, 2.05) is 168 Å². The zero-order valence-electron chi connectivity index (χ0n) is 81.1. The fourth-order valence-corrected chi connectivity index (χ4v) is 26.8. The van der Waals surface area contributed by atoms with E-state index in [0.29, 0.717) is 38.7 Å². The van der Waals surface area contributed by atoms with Gasteiger partial charge < -0.3 is 18.3 Å². The number of benzene rings is 18. The molecule has 0 bridgehead atoms. The largest absolute Gasteiger partial charge is 0.309 e. The third-order valence-electron chi connectivity index (χ3n) is 22.3. The van der Waals surface area contributed by atoms with E-state index in [-0.39, 0.29) is 97.6 Å². The van der Waals surface area contributed by atoms with Crippen molar-refractivity contribution in [1.82, 2.24) is 18.3 Å². The van der Waals surface area contributed by atoms with Crippen molar-refractivity contribution in [3.8, 4) is 45.0 Å². The summed E-state index contributed by atoms with van der Waals surface area (Å²) in [4.78, 5) is 0. The van der Waals surface area contributed by atoms with Crippen molar-refractivity contribution < 1.29 is 27.4 Å². The van der Waals surface area contributed by atoms with Gasteiger partial charge in [0, 0.05) is 65.7 Å². The molecule has 0 N–H and O–H groups in total. The summed E-state index contributed by atoms with van der Waals surface area (Å²) < 4.78 is 187. The Morgan fingerprint density at radius 2 is 0.526 bits per heavy atom. The first-order chi connectivity index (χ1) is 64.9. The number of nitrogens with zero attached hydrogens (tertiary/aromatic N) is 4. The molecule has 0 saturated heterocycles. The van der Waals surface area contributed by atoms with Gasteiger partial charge in [0.2, 0.25) is 0 Å². The second-order valence-corrected chi connectivity index (χ2v) is 35.8. The first-order valence-corrected chi connectivity index (χ1v) is 41.7. The van der Waals surface area contributed by atoms with Crippen molar-refractivity contribution in [2.75, 3.05) is 0 Å². The Bertz CT molecular complexity index is 8280. The molecular weight excluding hydrogens is 1410 g/mol. The summed E-state index contributed by atoms with van der Waals surface area (Å²) in [5, 5.41) is 12.0. The highest BCUT2D eigenvalue weighted by Crippen LogP contribution is 2.42. The van der Waals surface area contributed by atoms with Gasteiger partial charge in [-0.15, -0.1) is 0 Å². The summed E-state index contributed by atoms with van der Waals surface area (Å²) in [6.45, 7) is 0. The van der Waals surface area contributed by atoms with Crippen LogP contribution in [0.3, 0.4) is 0 Å². The third-order valence-corrected chi connectivity index (χ3v) is 31.7. The molecule has 4 heterocycles. The topological polar surface area (TPSA) is 19.7 Å². The standard InChI is InChI=1S/2C54H38N2Si/c1-4-20-41(21-5-1)57(42-22-6-2-7-23-42,43-24-8-3-9-25-43)44-26-18-19-40(38-44)55-51-32-15-13-30-48(51)49-37-39(35-36-54(49)55)45-27-10-14-31-50(45)56-52-33-16-11-28-46(52)47-29-12-17-34-53(47)56;1-4-21-43(22-5-1)57(44-23-6-2-7-24-44,45-25-8-3-9-26-45)46-27-17-20-42(38-46)56-53-33-15-12-30-49(53)50-37-40(34-35-54(50)56)39-18-16-19-41(36-39)55-51-31-13-10-28-47(51)48-29-11-14-32-52(48)55/h2*1-38H/i11D,12D,16D,17D,18D,19D,26D,28D,29D,33D,34D,38D;10D,11D,13D,14D,28D,29D,31D,32D. The average molecular weight is 1510 g/mol. The number of rotatable bonds is 14. The lowest BCUT2D eigenvalue weighted by Gasteiger charge is -2.34. The van der Waals surface area contributed by atoms with Gasteiger partial charge in [0.25, 0.3) is 0 Å². The van der Waals surface area contributed by atoms with Gasteiger partial charge in [-0.1, -0.05) is 358 Å². The van der Waals surface area contributed by atoms with Crippen molar-refractivity contribution in [1.29, 1.82) is 0 Å². The van der Waals surface area contributed by atoms with Crippen molar-refractivity contribution in [3.63, 3.8) is 0 Å². The van der Waals surface area contributed by atoms with Gasteiger partial charge >= 0.3 is 0 Å². The van der Waals surface area contributed by atoms with Crippen LogP contribution in [0.2, 0.25) is 0 Å². The molecule has 22 rings (SSSR count). The van der Waals surface area contributed by atoms with E-state index >= 15 is 0 Å². The minimum atomic E-state index is -3.56. The van der Waals surface area contributed by atoms with Crippen LogP contribution >= 0.6 is 0 Å². The molecule has 0 radical (unpaired) electrons. The molecule has 6 heteroatoms. The van der Waals surface area contributed by atoms with Crippen LogP contribution in [0, 0.1) is 0 Å². The van der Waals surface area contributed by atoms with Gasteiger partial charge in [-0.25, -0.2) is 0 Å². The van der Waals surface area contributed by atoms with Gasteiger partial charge in [0.05, 0.1) is 77.2 Å². The molecule has 0 spiro atoms. The van der Waals surface area contributed by atoms with Gasteiger partial charge in [-0.05, 0) is 161 Å². The number of fused-ring (bicyclic) bond motifs is 12. The first kappa shape index (κ1) is 49.7. The smallest absolute Gasteiger partial charge is 0.179 e. The average Bonchev–Trinajstić information content (AvgIpc) is 1.53. The van der Waals surface area contributed by atoms with Crippen molar-refractivity contribution in [3.05, 3.63) is 461 Å². The molecule has 536 valence electrons. The molecule has 114 heavy (non-hydrogen) atoms. The fourth-order valence-electron chi connectivity index (χ4n) is 17.5. The first-order valence-electron chi connectivity index (χ1n) is 47.7. The molecule has 0 aliphatic heterocycles. The van der Waals surface area contributed by atoms with Crippen LogP contribution in [0.5, 0.6) is 0 Å².